The van der Waals surface area contributed by atoms with E-state index in [4.69, 9.17) is 0 Å². The first-order valence-electron chi connectivity index (χ1n) is 13.8. The van der Waals surface area contributed by atoms with Gasteiger partial charge in [0, 0.05) is 56.2 Å². The molecule has 2 saturated heterocycles. The highest BCUT2D eigenvalue weighted by atomic mass is 19.1. The highest BCUT2D eigenvalue weighted by molar-refractivity contribution is 5.97. The van der Waals surface area contributed by atoms with Crippen molar-refractivity contribution in [2.24, 2.45) is 0 Å². The van der Waals surface area contributed by atoms with Gasteiger partial charge in [-0.2, -0.15) is 5.26 Å². The van der Waals surface area contributed by atoms with Crippen LogP contribution in [-0.2, 0) is 0 Å². The van der Waals surface area contributed by atoms with Crippen molar-refractivity contribution in [2.45, 2.75) is 38.8 Å². The molecule has 0 spiro atoms. The number of piperidine rings is 1. The van der Waals surface area contributed by atoms with Crippen LogP contribution in [0.2, 0.25) is 0 Å². The smallest absolute Gasteiger partial charge is 0.254 e. The van der Waals surface area contributed by atoms with Crippen LogP contribution >= 0.6 is 0 Å². The molecule has 1 amide bonds. The summed E-state index contributed by atoms with van der Waals surface area (Å²) in [7, 11) is 0. The molecule has 40 heavy (non-hydrogen) atoms. The molecule has 5 rings (SSSR count). The van der Waals surface area contributed by atoms with Gasteiger partial charge >= 0.3 is 0 Å². The monoisotopic (exact) mass is 542 g/mol. The van der Waals surface area contributed by atoms with Gasteiger partial charge in [0.15, 0.2) is 11.6 Å². The van der Waals surface area contributed by atoms with Crippen LogP contribution in [0.5, 0.6) is 0 Å². The summed E-state index contributed by atoms with van der Waals surface area (Å²) in [4.78, 5) is 23.6. The van der Waals surface area contributed by atoms with E-state index in [2.05, 4.69) is 21.3 Å². The Hall–Kier alpha value is -4.16. The van der Waals surface area contributed by atoms with E-state index in [9.17, 15) is 19.6 Å². The number of rotatable bonds is 6. The Labute approximate surface area is 234 Å². The number of nitriles is 1. The Morgan fingerprint density at radius 2 is 1.88 bits per heavy atom. The number of carbonyl (C=O) groups is 1. The van der Waals surface area contributed by atoms with Crippen molar-refractivity contribution in [2.75, 3.05) is 54.4 Å². The number of nitrogens with one attached hydrogen (secondary N) is 1. The van der Waals surface area contributed by atoms with Gasteiger partial charge in [0.1, 0.15) is 6.07 Å². The zero-order chi connectivity index (χ0) is 28.2. The minimum atomic E-state index is -0.443. The summed E-state index contributed by atoms with van der Waals surface area (Å²) < 4.78 is 14.4. The second-order valence-electron chi connectivity index (χ2n) is 10.6. The van der Waals surface area contributed by atoms with Crippen molar-refractivity contribution in [3.05, 3.63) is 82.8 Å². The van der Waals surface area contributed by atoms with Crippen molar-refractivity contribution in [3.8, 4) is 6.07 Å². The summed E-state index contributed by atoms with van der Waals surface area (Å²) in [5.41, 5.74) is 5.22. The van der Waals surface area contributed by atoms with Crippen molar-refractivity contribution in [1.82, 2.24) is 9.88 Å². The Bertz CT molecular complexity index is 1420. The van der Waals surface area contributed by atoms with Crippen molar-refractivity contribution >= 4 is 23.1 Å². The molecule has 0 bridgehead atoms. The van der Waals surface area contributed by atoms with Gasteiger partial charge in [0.25, 0.3) is 5.91 Å². The second-order valence-corrected chi connectivity index (χ2v) is 10.6. The largest absolute Gasteiger partial charge is 0.394 e. The molecular weight excluding hydrogens is 507 g/mol. The minimum absolute atomic E-state index is 0.0944. The summed E-state index contributed by atoms with van der Waals surface area (Å²) in [5.74, 6) is -0.331. The molecule has 2 aromatic carbocycles. The number of amides is 1. The molecule has 2 aliphatic heterocycles. The number of nitrogens with zero attached hydrogens (tertiary/aromatic N) is 5. The first-order chi connectivity index (χ1) is 19.4. The maximum Gasteiger partial charge on any atom is 0.254 e. The van der Waals surface area contributed by atoms with Gasteiger partial charge in [0.05, 0.1) is 23.9 Å². The first kappa shape index (κ1) is 27.4. The Morgan fingerprint density at radius 3 is 2.60 bits per heavy atom. The van der Waals surface area contributed by atoms with Gasteiger partial charge in [0.2, 0.25) is 0 Å². The zero-order valence-corrected chi connectivity index (χ0v) is 23.0. The number of hydrogen-bond acceptors (Lipinski definition) is 7. The maximum absolute atomic E-state index is 14.4. The fraction of sp³-hybridized carbons (Fsp3) is 0.387. The molecule has 0 unspecified atom stereocenters. The van der Waals surface area contributed by atoms with Crippen LogP contribution in [0, 0.1) is 31.0 Å². The lowest BCUT2D eigenvalue weighted by atomic mass is 9.99. The molecule has 9 heteroatoms. The summed E-state index contributed by atoms with van der Waals surface area (Å²) in [6, 6.07) is 16.7. The Kier molecular flexibility index (Phi) is 8.17. The lowest BCUT2D eigenvalue weighted by Gasteiger charge is -2.41. The average Bonchev–Trinajstić information content (AvgIpc) is 2.98. The predicted molar refractivity (Wildman–Crippen MR) is 154 cm³/mol. The molecular formula is C31H35FN6O2. The fourth-order valence-corrected chi connectivity index (χ4v) is 5.80. The van der Waals surface area contributed by atoms with Crippen LogP contribution < -0.4 is 15.1 Å². The third-order valence-electron chi connectivity index (χ3n) is 8.01. The van der Waals surface area contributed by atoms with Crippen molar-refractivity contribution < 1.29 is 14.3 Å². The van der Waals surface area contributed by atoms with Gasteiger partial charge in [-0.1, -0.05) is 18.2 Å². The minimum Gasteiger partial charge on any atom is -0.394 e. The van der Waals surface area contributed by atoms with Crippen LogP contribution in [0.4, 0.5) is 21.6 Å². The van der Waals surface area contributed by atoms with E-state index >= 15 is 0 Å². The molecule has 0 aliphatic carbocycles. The molecule has 0 radical (unpaired) electrons. The number of carbonyl (C=O) groups excluding carboxylic acids is 1. The van der Waals surface area contributed by atoms with Crippen LogP contribution in [0.15, 0.2) is 54.7 Å². The highest BCUT2D eigenvalue weighted by Crippen LogP contribution is 2.29. The number of anilines is 3. The highest BCUT2D eigenvalue weighted by Gasteiger charge is 2.32. The molecule has 1 atom stereocenters. The van der Waals surface area contributed by atoms with E-state index in [1.807, 2.05) is 50.2 Å². The summed E-state index contributed by atoms with van der Waals surface area (Å²) in [6.45, 7) is 6.54. The van der Waals surface area contributed by atoms with Crippen LogP contribution in [0.1, 0.15) is 39.9 Å². The van der Waals surface area contributed by atoms with Gasteiger partial charge in [-0.15, -0.1) is 0 Å². The quantitative estimate of drug-likeness (QED) is 0.484. The number of hydrogen-bond donors (Lipinski definition) is 2. The number of aliphatic hydroxyl groups excluding tert-OH is 1. The Morgan fingerprint density at radius 1 is 1.10 bits per heavy atom. The van der Waals surface area contributed by atoms with Gasteiger partial charge in [-0.25, -0.2) is 9.37 Å². The maximum atomic E-state index is 14.4. The van der Waals surface area contributed by atoms with E-state index in [-0.39, 0.29) is 30.9 Å². The zero-order valence-electron chi connectivity index (χ0n) is 23.0. The molecule has 2 fully saturated rings. The van der Waals surface area contributed by atoms with Crippen molar-refractivity contribution in [3.63, 3.8) is 0 Å². The Balaban J connectivity index is 1.26. The molecule has 3 heterocycles. The lowest BCUT2D eigenvalue weighted by Crippen LogP contribution is -2.56. The van der Waals surface area contributed by atoms with Gasteiger partial charge in [-0.05, 0) is 68.1 Å². The normalized spacial score (nSPS) is 18.0. The molecule has 1 aromatic heterocycles. The predicted octanol–water partition coefficient (Wildman–Crippen LogP) is 4.11. The molecule has 8 nitrogen and oxygen atoms in total. The number of halogens is 1. The van der Waals surface area contributed by atoms with E-state index < -0.39 is 11.9 Å². The lowest BCUT2D eigenvalue weighted by molar-refractivity contribution is 0.0697. The van der Waals surface area contributed by atoms with E-state index in [1.165, 1.54) is 18.3 Å². The van der Waals surface area contributed by atoms with Crippen molar-refractivity contribution in [1.29, 1.82) is 5.26 Å². The second kappa shape index (κ2) is 11.9. The average molecular weight is 543 g/mol. The molecule has 2 N–H and O–H groups in total. The summed E-state index contributed by atoms with van der Waals surface area (Å²) in [5, 5.41) is 23.2. The number of aromatic nitrogens is 1. The number of pyridine rings is 1. The molecule has 208 valence electrons. The van der Waals surface area contributed by atoms with Crippen LogP contribution in [-0.4, -0.2) is 72.3 Å². The summed E-state index contributed by atoms with van der Waals surface area (Å²) in [6.07, 6.45) is 3.37. The summed E-state index contributed by atoms with van der Waals surface area (Å²) >= 11 is 0. The number of aliphatic hydroxyl groups is 1. The van der Waals surface area contributed by atoms with E-state index in [0.717, 1.165) is 48.4 Å². The number of benzene rings is 2. The fourth-order valence-electron chi connectivity index (χ4n) is 5.80. The third kappa shape index (κ3) is 5.58. The van der Waals surface area contributed by atoms with E-state index in [1.54, 1.807) is 9.80 Å². The van der Waals surface area contributed by atoms with E-state index in [0.29, 0.717) is 24.2 Å². The number of aryl methyl sites for hydroxylation is 2. The third-order valence-corrected chi connectivity index (χ3v) is 8.01. The standard InChI is InChI=1S/C31H35FN6O2/c1-21-16-22(2)28(35-24-9-12-36(13-10-24)29-8-4-3-6-23(29)18-33)17-26(21)31(40)37-14-15-38(25(19-37)20-39)30-27(32)7-5-11-34-30/h3-8,11,16-17,24-25,35,39H,9-10,12-15,19-20H2,1-2H3/t25-/m1/s1. The topological polar surface area (TPSA) is 95.7 Å². The van der Waals surface area contributed by atoms with Gasteiger partial charge < -0.3 is 25.1 Å². The number of para-hydroxylation sites is 1. The first-order valence-corrected chi connectivity index (χ1v) is 13.8. The molecule has 0 saturated carbocycles. The van der Waals surface area contributed by atoms with Crippen LogP contribution in [0.3, 0.4) is 0 Å². The number of piperazine rings is 1. The molecule has 3 aromatic rings. The van der Waals surface area contributed by atoms with Gasteiger partial charge in [-0.3, -0.25) is 4.79 Å². The SMILES string of the molecule is Cc1cc(C)c(C(=O)N2CCN(c3ncccc3F)[C@@H](CO)C2)cc1NC1CCN(c2ccccc2C#N)CC1. The molecule has 2 aliphatic rings. The van der Waals surface area contributed by atoms with Crippen LogP contribution in [0.25, 0.3) is 0 Å².